The van der Waals surface area contributed by atoms with Crippen LogP contribution in [0.15, 0.2) is 24.3 Å². The second-order valence-electron chi connectivity index (χ2n) is 4.31. The van der Waals surface area contributed by atoms with Crippen LogP contribution in [-0.2, 0) is 4.79 Å². The number of carbonyl (C=O) groups is 1. The van der Waals surface area contributed by atoms with E-state index in [0.29, 0.717) is 5.92 Å². The monoisotopic (exact) mass is 218 g/mol. The van der Waals surface area contributed by atoms with Crippen LogP contribution in [0.25, 0.3) is 0 Å². The molecular weight excluding hydrogens is 200 g/mol. The molecule has 1 atom stereocenters. The predicted octanol–water partition coefficient (Wildman–Crippen LogP) is 2.11. The number of para-hydroxylation sites is 1. The highest BCUT2D eigenvalue weighted by Gasteiger charge is 2.17. The van der Waals surface area contributed by atoms with Crippen molar-refractivity contribution < 1.29 is 4.79 Å². The first-order valence-corrected chi connectivity index (χ1v) is 5.84. The van der Waals surface area contributed by atoms with Gasteiger partial charge in [0.25, 0.3) is 0 Å². The second kappa shape index (κ2) is 5.12. The van der Waals surface area contributed by atoms with E-state index in [1.165, 1.54) is 18.4 Å². The quantitative estimate of drug-likeness (QED) is 0.798. The molecule has 2 rings (SSSR count). The summed E-state index contributed by atoms with van der Waals surface area (Å²) in [6.45, 7) is 3.67. The van der Waals surface area contributed by atoms with Gasteiger partial charge in [0.05, 0.1) is 0 Å². The molecule has 3 heteroatoms. The van der Waals surface area contributed by atoms with E-state index in [4.69, 9.17) is 0 Å². The Balaban J connectivity index is 2.20. The molecule has 1 aliphatic rings. The number of amides is 1. The van der Waals surface area contributed by atoms with Crippen molar-refractivity contribution in [3.05, 3.63) is 29.8 Å². The van der Waals surface area contributed by atoms with Crippen molar-refractivity contribution in [3.8, 4) is 0 Å². The molecule has 1 aliphatic heterocycles. The molecule has 2 N–H and O–H groups in total. The van der Waals surface area contributed by atoms with Crippen LogP contribution in [-0.4, -0.2) is 19.0 Å². The molecule has 1 amide bonds. The largest absolute Gasteiger partial charge is 0.326 e. The van der Waals surface area contributed by atoms with Crippen LogP contribution in [0.2, 0.25) is 0 Å². The molecule has 3 nitrogen and oxygen atoms in total. The fourth-order valence-electron chi connectivity index (χ4n) is 2.27. The molecule has 0 aliphatic carbocycles. The number of piperidine rings is 1. The summed E-state index contributed by atoms with van der Waals surface area (Å²) < 4.78 is 0. The van der Waals surface area contributed by atoms with Gasteiger partial charge in [0, 0.05) is 19.2 Å². The molecule has 1 saturated heterocycles. The Labute approximate surface area is 96.2 Å². The lowest BCUT2D eigenvalue weighted by Crippen LogP contribution is -2.29. The third-order valence-corrected chi connectivity index (χ3v) is 3.01. The summed E-state index contributed by atoms with van der Waals surface area (Å²) in [5.74, 6) is 0.521. The van der Waals surface area contributed by atoms with Gasteiger partial charge in [-0.15, -0.1) is 0 Å². The van der Waals surface area contributed by atoms with Crippen molar-refractivity contribution in [2.75, 3.05) is 18.4 Å². The summed E-state index contributed by atoms with van der Waals surface area (Å²) in [5.41, 5.74) is 2.22. The SMILES string of the molecule is CC(=O)Nc1ccccc1[C@H]1CCCNC1. The van der Waals surface area contributed by atoms with Crippen LogP contribution in [0.5, 0.6) is 0 Å². The van der Waals surface area contributed by atoms with Crippen LogP contribution in [0.4, 0.5) is 5.69 Å². The molecule has 0 bridgehead atoms. The first-order chi connectivity index (χ1) is 7.77. The fourth-order valence-corrected chi connectivity index (χ4v) is 2.27. The number of hydrogen-bond donors (Lipinski definition) is 2. The van der Waals surface area contributed by atoms with E-state index < -0.39 is 0 Å². The van der Waals surface area contributed by atoms with Gasteiger partial charge in [-0.25, -0.2) is 0 Å². The standard InChI is InChI=1S/C13H18N2O/c1-10(16)15-13-7-3-2-6-12(13)11-5-4-8-14-9-11/h2-3,6-7,11,14H,4-5,8-9H2,1H3,(H,15,16)/t11-/m0/s1. The van der Waals surface area contributed by atoms with Gasteiger partial charge in [-0.05, 0) is 36.9 Å². The Morgan fingerprint density at radius 1 is 1.44 bits per heavy atom. The Hall–Kier alpha value is -1.35. The maximum atomic E-state index is 11.1. The summed E-state index contributed by atoms with van der Waals surface area (Å²) in [7, 11) is 0. The molecule has 1 fully saturated rings. The van der Waals surface area contributed by atoms with E-state index in [1.54, 1.807) is 6.92 Å². The van der Waals surface area contributed by atoms with Crippen LogP contribution in [0.3, 0.4) is 0 Å². The van der Waals surface area contributed by atoms with E-state index in [1.807, 2.05) is 18.2 Å². The van der Waals surface area contributed by atoms with Crippen molar-refractivity contribution in [2.24, 2.45) is 0 Å². The van der Waals surface area contributed by atoms with Crippen molar-refractivity contribution in [3.63, 3.8) is 0 Å². The average Bonchev–Trinajstić information content (AvgIpc) is 2.30. The summed E-state index contributed by atoms with van der Waals surface area (Å²) in [6, 6.07) is 8.09. The van der Waals surface area contributed by atoms with Gasteiger partial charge in [0.2, 0.25) is 5.91 Å². The number of carbonyl (C=O) groups excluding carboxylic acids is 1. The van der Waals surface area contributed by atoms with Crippen molar-refractivity contribution in [1.82, 2.24) is 5.32 Å². The highest BCUT2D eigenvalue weighted by molar-refractivity contribution is 5.89. The highest BCUT2D eigenvalue weighted by Crippen LogP contribution is 2.29. The number of benzene rings is 1. The summed E-state index contributed by atoms with van der Waals surface area (Å²) in [5, 5.41) is 6.31. The lowest BCUT2D eigenvalue weighted by molar-refractivity contribution is -0.114. The van der Waals surface area contributed by atoms with Gasteiger partial charge in [-0.1, -0.05) is 18.2 Å². The maximum Gasteiger partial charge on any atom is 0.221 e. The topological polar surface area (TPSA) is 41.1 Å². The van der Waals surface area contributed by atoms with Crippen molar-refractivity contribution in [1.29, 1.82) is 0 Å². The first-order valence-electron chi connectivity index (χ1n) is 5.84. The summed E-state index contributed by atoms with van der Waals surface area (Å²) >= 11 is 0. The van der Waals surface area contributed by atoms with Gasteiger partial charge < -0.3 is 10.6 Å². The Morgan fingerprint density at radius 3 is 2.94 bits per heavy atom. The van der Waals surface area contributed by atoms with E-state index in [-0.39, 0.29) is 5.91 Å². The normalized spacial score (nSPS) is 20.4. The molecule has 0 saturated carbocycles. The summed E-state index contributed by atoms with van der Waals surface area (Å²) in [4.78, 5) is 11.1. The molecule has 86 valence electrons. The maximum absolute atomic E-state index is 11.1. The third kappa shape index (κ3) is 2.61. The Bertz CT molecular complexity index is 370. The molecule has 0 unspecified atom stereocenters. The Kier molecular flexibility index (Phi) is 3.57. The molecule has 1 aromatic rings. The van der Waals surface area contributed by atoms with Gasteiger partial charge in [-0.3, -0.25) is 4.79 Å². The van der Waals surface area contributed by atoms with Crippen molar-refractivity contribution in [2.45, 2.75) is 25.7 Å². The van der Waals surface area contributed by atoms with Gasteiger partial charge in [-0.2, -0.15) is 0 Å². The number of rotatable bonds is 2. The van der Waals surface area contributed by atoms with E-state index in [9.17, 15) is 4.79 Å². The Morgan fingerprint density at radius 2 is 2.25 bits per heavy atom. The molecule has 1 heterocycles. The molecule has 16 heavy (non-hydrogen) atoms. The van der Waals surface area contributed by atoms with E-state index in [2.05, 4.69) is 16.7 Å². The predicted molar refractivity (Wildman–Crippen MR) is 65.6 cm³/mol. The lowest BCUT2D eigenvalue weighted by atomic mass is 9.90. The number of nitrogens with one attached hydrogen (secondary N) is 2. The molecular formula is C13H18N2O. The highest BCUT2D eigenvalue weighted by atomic mass is 16.1. The second-order valence-corrected chi connectivity index (χ2v) is 4.31. The minimum absolute atomic E-state index is 0.00350. The molecule has 0 radical (unpaired) electrons. The van der Waals surface area contributed by atoms with E-state index in [0.717, 1.165) is 18.8 Å². The van der Waals surface area contributed by atoms with Gasteiger partial charge in [0.1, 0.15) is 0 Å². The van der Waals surface area contributed by atoms with Crippen LogP contribution >= 0.6 is 0 Å². The van der Waals surface area contributed by atoms with Crippen LogP contribution < -0.4 is 10.6 Å². The fraction of sp³-hybridized carbons (Fsp3) is 0.462. The molecule has 0 spiro atoms. The van der Waals surface area contributed by atoms with Crippen molar-refractivity contribution >= 4 is 11.6 Å². The third-order valence-electron chi connectivity index (χ3n) is 3.01. The zero-order valence-electron chi connectivity index (χ0n) is 9.62. The van der Waals surface area contributed by atoms with Crippen LogP contribution in [0.1, 0.15) is 31.2 Å². The smallest absolute Gasteiger partial charge is 0.221 e. The van der Waals surface area contributed by atoms with E-state index >= 15 is 0 Å². The zero-order chi connectivity index (χ0) is 11.4. The minimum atomic E-state index is -0.00350. The number of anilines is 1. The molecule has 1 aromatic carbocycles. The summed E-state index contributed by atoms with van der Waals surface area (Å²) in [6.07, 6.45) is 2.41. The zero-order valence-corrected chi connectivity index (χ0v) is 9.62. The first kappa shape index (κ1) is 11.1. The average molecular weight is 218 g/mol. The minimum Gasteiger partial charge on any atom is -0.326 e. The molecule has 0 aromatic heterocycles. The van der Waals surface area contributed by atoms with Gasteiger partial charge in [0.15, 0.2) is 0 Å². The lowest BCUT2D eigenvalue weighted by Gasteiger charge is -2.25. The number of hydrogen-bond acceptors (Lipinski definition) is 2. The van der Waals surface area contributed by atoms with Crippen LogP contribution in [0, 0.1) is 0 Å². The van der Waals surface area contributed by atoms with Gasteiger partial charge >= 0.3 is 0 Å².